The fraction of sp³-hybridized carbons (Fsp3) is 0.250. The maximum absolute atomic E-state index is 5.73. The zero-order valence-electron chi connectivity index (χ0n) is 12.8. The Labute approximate surface area is 128 Å². The molecule has 1 aromatic carbocycles. The van der Waals surface area contributed by atoms with Gasteiger partial charge in [0.15, 0.2) is 0 Å². The minimum absolute atomic E-state index is 0.267. The lowest BCUT2D eigenvalue weighted by molar-refractivity contribution is 0.376. The highest BCUT2D eigenvalue weighted by Gasteiger charge is 2.08. The van der Waals surface area contributed by atoms with E-state index >= 15 is 0 Å². The molecule has 0 amide bonds. The van der Waals surface area contributed by atoms with Crippen molar-refractivity contribution in [2.75, 3.05) is 21.2 Å². The Morgan fingerprint density at radius 2 is 2.09 bits per heavy atom. The fourth-order valence-corrected chi connectivity index (χ4v) is 2.29. The molecule has 114 valence electrons. The number of nitrogens with zero attached hydrogens (tertiary/aromatic N) is 3. The van der Waals surface area contributed by atoms with Crippen molar-refractivity contribution < 1.29 is 9.47 Å². The molecule has 0 aliphatic heterocycles. The molecule has 0 aliphatic rings. The number of H-pyrrole nitrogens is 1. The van der Waals surface area contributed by atoms with Gasteiger partial charge in [-0.05, 0) is 37.9 Å². The first-order chi connectivity index (χ1) is 10.7. The molecule has 0 bridgehead atoms. The molecule has 0 saturated carbocycles. The first-order valence-electron chi connectivity index (χ1n) is 6.95. The zero-order valence-corrected chi connectivity index (χ0v) is 12.8. The van der Waals surface area contributed by atoms with Gasteiger partial charge in [-0.25, -0.2) is 4.98 Å². The highest BCUT2D eigenvalue weighted by Crippen LogP contribution is 2.27. The van der Waals surface area contributed by atoms with Gasteiger partial charge in [-0.2, -0.15) is 4.98 Å². The lowest BCUT2D eigenvalue weighted by atomic mass is 10.1. The van der Waals surface area contributed by atoms with Crippen LogP contribution in [0.3, 0.4) is 0 Å². The molecule has 0 unspecified atom stereocenters. The highest BCUT2D eigenvalue weighted by molar-refractivity contribution is 5.84. The van der Waals surface area contributed by atoms with Crippen LogP contribution in [0.1, 0.15) is 5.56 Å². The average molecular weight is 298 g/mol. The summed E-state index contributed by atoms with van der Waals surface area (Å²) >= 11 is 0. The lowest BCUT2D eigenvalue weighted by Gasteiger charge is -2.09. The van der Waals surface area contributed by atoms with Gasteiger partial charge < -0.3 is 19.4 Å². The maximum Gasteiger partial charge on any atom is 0.325 e. The summed E-state index contributed by atoms with van der Waals surface area (Å²) in [5, 5.41) is 1.13. The third-order valence-corrected chi connectivity index (χ3v) is 3.25. The van der Waals surface area contributed by atoms with E-state index in [0.29, 0.717) is 11.6 Å². The Balaban J connectivity index is 1.90. The van der Waals surface area contributed by atoms with Crippen LogP contribution in [0.15, 0.2) is 36.7 Å². The first kappa shape index (κ1) is 14.3. The van der Waals surface area contributed by atoms with Crippen LogP contribution in [-0.4, -0.2) is 41.1 Å². The summed E-state index contributed by atoms with van der Waals surface area (Å²) in [5.41, 5.74) is 2.30. The molecular formula is C16H18N4O2. The van der Waals surface area contributed by atoms with Crippen LogP contribution < -0.4 is 9.47 Å². The van der Waals surface area contributed by atoms with Crippen LogP contribution >= 0.6 is 0 Å². The SMILES string of the molecule is COc1ccnc(Oc2ccc3[nH]cc(CN(C)C)c3c2)n1. The van der Waals surface area contributed by atoms with Crippen LogP contribution in [0, 0.1) is 0 Å². The molecule has 0 atom stereocenters. The number of hydrogen-bond acceptors (Lipinski definition) is 5. The second kappa shape index (κ2) is 6.03. The van der Waals surface area contributed by atoms with Gasteiger partial charge in [-0.15, -0.1) is 0 Å². The van der Waals surface area contributed by atoms with Gasteiger partial charge in [0.1, 0.15) is 5.75 Å². The smallest absolute Gasteiger partial charge is 0.325 e. The Morgan fingerprint density at radius 1 is 1.23 bits per heavy atom. The summed E-state index contributed by atoms with van der Waals surface area (Å²) in [6.07, 6.45) is 3.63. The minimum Gasteiger partial charge on any atom is -0.481 e. The molecule has 3 aromatic rings. The molecule has 0 radical (unpaired) electrons. The predicted octanol–water partition coefficient (Wildman–Crippen LogP) is 2.82. The second-order valence-electron chi connectivity index (χ2n) is 5.24. The number of nitrogens with one attached hydrogen (secondary N) is 1. The van der Waals surface area contributed by atoms with Crippen molar-refractivity contribution in [3.63, 3.8) is 0 Å². The second-order valence-corrected chi connectivity index (χ2v) is 5.24. The number of fused-ring (bicyclic) bond motifs is 1. The molecule has 22 heavy (non-hydrogen) atoms. The van der Waals surface area contributed by atoms with Gasteiger partial charge in [-0.3, -0.25) is 0 Å². The predicted molar refractivity (Wildman–Crippen MR) is 84.3 cm³/mol. The topological polar surface area (TPSA) is 63.3 Å². The number of methoxy groups -OCH3 is 1. The molecule has 3 rings (SSSR count). The molecular weight excluding hydrogens is 280 g/mol. The summed E-state index contributed by atoms with van der Waals surface area (Å²) in [7, 11) is 5.65. The van der Waals surface area contributed by atoms with Gasteiger partial charge in [0.25, 0.3) is 0 Å². The van der Waals surface area contributed by atoms with Crippen molar-refractivity contribution in [1.82, 2.24) is 19.9 Å². The summed E-state index contributed by atoms with van der Waals surface area (Å²) in [5.74, 6) is 1.17. The summed E-state index contributed by atoms with van der Waals surface area (Å²) < 4.78 is 10.8. The molecule has 2 heterocycles. The van der Waals surface area contributed by atoms with Gasteiger partial charge in [0, 0.05) is 35.9 Å². The third-order valence-electron chi connectivity index (χ3n) is 3.25. The van der Waals surface area contributed by atoms with Crippen molar-refractivity contribution in [1.29, 1.82) is 0 Å². The normalized spacial score (nSPS) is 11.1. The maximum atomic E-state index is 5.73. The molecule has 0 spiro atoms. The van der Waals surface area contributed by atoms with Gasteiger partial charge >= 0.3 is 6.01 Å². The molecule has 0 aliphatic carbocycles. The quantitative estimate of drug-likeness (QED) is 0.784. The van der Waals surface area contributed by atoms with Crippen LogP contribution in [-0.2, 0) is 6.54 Å². The van der Waals surface area contributed by atoms with Crippen LogP contribution in [0.5, 0.6) is 17.6 Å². The number of ether oxygens (including phenoxy) is 2. The van der Waals surface area contributed by atoms with E-state index < -0.39 is 0 Å². The Kier molecular flexibility index (Phi) is 3.93. The van der Waals surface area contributed by atoms with E-state index in [4.69, 9.17) is 9.47 Å². The fourth-order valence-electron chi connectivity index (χ4n) is 2.29. The van der Waals surface area contributed by atoms with Crippen molar-refractivity contribution in [3.8, 4) is 17.6 Å². The van der Waals surface area contributed by atoms with Crippen molar-refractivity contribution >= 4 is 10.9 Å². The molecule has 6 heteroatoms. The number of hydrogen-bond donors (Lipinski definition) is 1. The van der Waals surface area contributed by atoms with E-state index in [2.05, 4.69) is 19.9 Å². The third kappa shape index (κ3) is 3.01. The minimum atomic E-state index is 0.267. The number of aromatic amines is 1. The lowest BCUT2D eigenvalue weighted by Crippen LogP contribution is -2.10. The van der Waals surface area contributed by atoms with Crippen LogP contribution in [0.2, 0.25) is 0 Å². The summed E-state index contributed by atoms with van der Waals surface area (Å²) in [4.78, 5) is 13.6. The van der Waals surface area contributed by atoms with Crippen LogP contribution in [0.4, 0.5) is 0 Å². The Hall–Kier alpha value is -2.60. The molecule has 2 aromatic heterocycles. The average Bonchev–Trinajstić information content (AvgIpc) is 2.89. The molecule has 0 fully saturated rings. The summed E-state index contributed by atoms with van der Waals surface area (Å²) in [6, 6.07) is 7.82. The number of benzene rings is 1. The molecule has 6 nitrogen and oxygen atoms in total. The highest BCUT2D eigenvalue weighted by atomic mass is 16.5. The summed E-state index contributed by atoms with van der Waals surface area (Å²) in [6.45, 7) is 0.860. The van der Waals surface area contributed by atoms with E-state index in [-0.39, 0.29) is 6.01 Å². The van der Waals surface area contributed by atoms with Crippen molar-refractivity contribution in [2.24, 2.45) is 0 Å². The monoisotopic (exact) mass is 298 g/mol. The van der Waals surface area contributed by atoms with Gasteiger partial charge in [0.05, 0.1) is 7.11 Å². The number of aromatic nitrogens is 3. The molecule has 1 N–H and O–H groups in total. The zero-order chi connectivity index (χ0) is 15.5. The van der Waals surface area contributed by atoms with Crippen LogP contribution in [0.25, 0.3) is 10.9 Å². The molecule has 0 saturated heterocycles. The van der Waals surface area contributed by atoms with Gasteiger partial charge in [-0.1, -0.05) is 0 Å². The standard InChI is InChI=1S/C16H18N4O2/c1-20(2)10-11-9-18-14-5-4-12(8-13(11)14)22-16-17-7-6-15(19-16)21-3/h4-9,18H,10H2,1-3H3. The van der Waals surface area contributed by atoms with E-state index in [0.717, 1.165) is 17.4 Å². The van der Waals surface area contributed by atoms with E-state index in [1.54, 1.807) is 19.4 Å². The van der Waals surface area contributed by atoms with E-state index in [9.17, 15) is 0 Å². The largest absolute Gasteiger partial charge is 0.481 e. The first-order valence-corrected chi connectivity index (χ1v) is 6.95. The Morgan fingerprint density at radius 3 is 2.86 bits per heavy atom. The van der Waals surface area contributed by atoms with E-state index in [1.165, 1.54) is 5.56 Å². The van der Waals surface area contributed by atoms with Crippen molar-refractivity contribution in [3.05, 3.63) is 42.2 Å². The van der Waals surface area contributed by atoms with E-state index in [1.807, 2.05) is 38.5 Å². The Bertz CT molecular complexity index is 783. The van der Waals surface area contributed by atoms with Crippen molar-refractivity contribution in [2.45, 2.75) is 6.54 Å². The number of rotatable bonds is 5. The van der Waals surface area contributed by atoms with Gasteiger partial charge in [0.2, 0.25) is 5.88 Å².